The fraction of sp³-hybridized carbons (Fsp3) is 0.500. The van der Waals surface area contributed by atoms with E-state index in [0.717, 1.165) is 5.56 Å². The average molecular weight is 314 g/mol. The molecule has 0 radical (unpaired) electrons. The van der Waals surface area contributed by atoms with Gasteiger partial charge in [-0.2, -0.15) is 0 Å². The summed E-state index contributed by atoms with van der Waals surface area (Å²) in [7, 11) is 0. The largest absolute Gasteiger partial charge is 0.479 e. The highest BCUT2D eigenvalue weighted by atomic mass is 16.7. The Morgan fingerprint density at radius 2 is 1.73 bits per heavy atom. The van der Waals surface area contributed by atoms with Crippen molar-refractivity contribution in [3.63, 3.8) is 0 Å². The molecule has 8 heteroatoms. The van der Waals surface area contributed by atoms with Gasteiger partial charge < -0.3 is 35.0 Å². The zero-order valence-electron chi connectivity index (χ0n) is 11.6. The molecule has 1 heterocycles. The third-order valence-electron chi connectivity index (χ3n) is 3.39. The van der Waals surface area contributed by atoms with Crippen molar-refractivity contribution in [1.29, 1.82) is 0 Å². The first-order chi connectivity index (χ1) is 10.4. The van der Waals surface area contributed by atoms with Gasteiger partial charge in [0.05, 0.1) is 0 Å². The molecule has 0 bridgehead atoms. The first-order valence-corrected chi connectivity index (χ1v) is 6.73. The van der Waals surface area contributed by atoms with Crippen molar-refractivity contribution in [1.82, 2.24) is 0 Å². The van der Waals surface area contributed by atoms with Gasteiger partial charge in [-0.15, -0.1) is 0 Å². The van der Waals surface area contributed by atoms with Gasteiger partial charge in [-0.1, -0.05) is 12.1 Å². The topological polar surface area (TPSA) is 137 Å². The van der Waals surface area contributed by atoms with Crippen LogP contribution < -0.4 is 4.74 Å². The molecule has 1 saturated heterocycles. The Labute approximate surface area is 126 Å². The monoisotopic (exact) mass is 314 g/mol. The van der Waals surface area contributed by atoms with Crippen molar-refractivity contribution in [3.8, 4) is 5.75 Å². The Morgan fingerprint density at radius 3 is 2.27 bits per heavy atom. The van der Waals surface area contributed by atoms with E-state index in [1.165, 1.54) is 0 Å². The van der Waals surface area contributed by atoms with E-state index in [2.05, 4.69) is 0 Å². The smallest absolute Gasteiger partial charge is 0.335 e. The molecule has 1 aromatic rings. The molecule has 1 aliphatic rings. The molecule has 122 valence electrons. The summed E-state index contributed by atoms with van der Waals surface area (Å²) < 4.78 is 10.3. The Kier molecular flexibility index (Phi) is 5.33. The summed E-state index contributed by atoms with van der Waals surface area (Å²) in [6.45, 7) is 0.00895. The van der Waals surface area contributed by atoms with Crippen LogP contribution in [0.3, 0.4) is 0 Å². The van der Waals surface area contributed by atoms with Gasteiger partial charge in [-0.25, -0.2) is 4.79 Å². The number of hydrogen-bond donors (Lipinski definition) is 5. The van der Waals surface area contributed by atoms with Crippen molar-refractivity contribution in [2.75, 3.05) is 6.61 Å². The minimum Gasteiger partial charge on any atom is -0.479 e. The standard InChI is InChI=1S/C14H18O8/c15-6-5-7-1-3-8(4-2-7)21-14-11(18)9(16)10(17)12(22-14)13(19)20/h1-4,9-12,14-18H,5-6H2,(H,19,20)/t9-,10-,11+,12-,14+/m0/s1. The van der Waals surface area contributed by atoms with E-state index in [1.807, 2.05) is 0 Å². The van der Waals surface area contributed by atoms with Gasteiger partial charge in [-0.3, -0.25) is 0 Å². The van der Waals surface area contributed by atoms with Crippen LogP contribution in [-0.4, -0.2) is 68.8 Å². The fourth-order valence-corrected chi connectivity index (χ4v) is 2.15. The summed E-state index contributed by atoms with van der Waals surface area (Å²) in [5.41, 5.74) is 0.874. The lowest BCUT2D eigenvalue weighted by molar-refractivity contribution is -0.271. The quantitative estimate of drug-likeness (QED) is 0.442. The Hall–Kier alpha value is -1.71. The maximum atomic E-state index is 11.0. The van der Waals surface area contributed by atoms with Crippen LogP contribution in [0.25, 0.3) is 0 Å². The first kappa shape index (κ1) is 16.7. The van der Waals surface area contributed by atoms with Crippen molar-refractivity contribution >= 4 is 5.97 Å². The molecule has 0 aliphatic carbocycles. The molecule has 1 fully saturated rings. The summed E-state index contributed by atoms with van der Waals surface area (Å²) in [6.07, 6.45) is -7.69. The Morgan fingerprint density at radius 1 is 1.09 bits per heavy atom. The molecule has 2 rings (SSSR count). The molecule has 8 nitrogen and oxygen atoms in total. The van der Waals surface area contributed by atoms with Gasteiger partial charge in [0.25, 0.3) is 0 Å². The van der Waals surface area contributed by atoms with E-state index in [-0.39, 0.29) is 6.61 Å². The van der Waals surface area contributed by atoms with Gasteiger partial charge in [0, 0.05) is 6.61 Å². The summed E-state index contributed by atoms with van der Waals surface area (Å²) in [4.78, 5) is 11.0. The number of aliphatic carboxylic acids is 1. The molecular weight excluding hydrogens is 296 g/mol. The summed E-state index contributed by atoms with van der Waals surface area (Å²) in [5, 5.41) is 46.8. The maximum absolute atomic E-state index is 11.0. The van der Waals surface area contributed by atoms with Crippen LogP contribution in [0.15, 0.2) is 24.3 Å². The van der Waals surface area contributed by atoms with Crippen molar-refractivity contribution < 1.29 is 39.8 Å². The van der Waals surface area contributed by atoms with Crippen LogP contribution in [0.4, 0.5) is 0 Å². The van der Waals surface area contributed by atoms with Crippen LogP contribution in [0.5, 0.6) is 5.75 Å². The number of rotatable bonds is 5. The predicted octanol–water partition coefficient (Wildman–Crippen LogP) is -1.51. The lowest BCUT2D eigenvalue weighted by Gasteiger charge is -2.38. The summed E-state index contributed by atoms with van der Waals surface area (Å²) in [5.74, 6) is -1.18. The number of benzene rings is 1. The van der Waals surface area contributed by atoms with Crippen LogP contribution in [0.1, 0.15) is 5.56 Å². The van der Waals surface area contributed by atoms with E-state index in [1.54, 1.807) is 24.3 Å². The van der Waals surface area contributed by atoms with Crippen LogP contribution in [0, 0.1) is 0 Å². The molecule has 1 aliphatic heterocycles. The van der Waals surface area contributed by atoms with Crippen molar-refractivity contribution in [2.45, 2.75) is 37.1 Å². The van der Waals surface area contributed by atoms with Crippen molar-refractivity contribution in [3.05, 3.63) is 29.8 Å². The molecule has 0 amide bonds. The molecule has 0 spiro atoms. The summed E-state index contributed by atoms with van der Waals surface area (Å²) >= 11 is 0. The van der Waals surface area contributed by atoms with E-state index >= 15 is 0 Å². The third-order valence-corrected chi connectivity index (χ3v) is 3.39. The zero-order valence-corrected chi connectivity index (χ0v) is 11.6. The maximum Gasteiger partial charge on any atom is 0.335 e. The van der Waals surface area contributed by atoms with Gasteiger partial charge in [0.2, 0.25) is 6.29 Å². The molecule has 0 unspecified atom stereocenters. The zero-order chi connectivity index (χ0) is 16.3. The summed E-state index contributed by atoms with van der Waals surface area (Å²) in [6, 6.07) is 6.52. The van der Waals surface area contributed by atoms with Crippen molar-refractivity contribution in [2.24, 2.45) is 0 Å². The molecule has 22 heavy (non-hydrogen) atoms. The van der Waals surface area contributed by atoms with Gasteiger partial charge in [0.1, 0.15) is 24.1 Å². The Bertz CT molecular complexity index is 502. The normalized spacial score (nSPS) is 31.7. The lowest BCUT2D eigenvalue weighted by Crippen LogP contribution is -2.61. The second-order valence-corrected chi connectivity index (χ2v) is 4.97. The third kappa shape index (κ3) is 3.54. The molecule has 5 atom stereocenters. The highest BCUT2D eigenvalue weighted by molar-refractivity contribution is 5.73. The predicted molar refractivity (Wildman–Crippen MR) is 72.2 cm³/mol. The molecular formula is C14H18O8. The molecule has 0 saturated carbocycles. The van der Waals surface area contributed by atoms with Crippen LogP contribution in [0.2, 0.25) is 0 Å². The minimum atomic E-state index is -1.75. The molecule has 5 N–H and O–H groups in total. The number of aliphatic hydroxyl groups excluding tert-OH is 4. The highest BCUT2D eigenvalue weighted by Gasteiger charge is 2.48. The molecule has 1 aromatic carbocycles. The van der Waals surface area contributed by atoms with Crippen LogP contribution >= 0.6 is 0 Å². The first-order valence-electron chi connectivity index (χ1n) is 6.73. The van der Waals surface area contributed by atoms with Gasteiger partial charge in [-0.05, 0) is 24.1 Å². The van der Waals surface area contributed by atoms with E-state index in [9.17, 15) is 20.1 Å². The number of hydrogen-bond acceptors (Lipinski definition) is 7. The number of carboxylic acids is 1. The van der Waals surface area contributed by atoms with E-state index < -0.39 is 36.7 Å². The number of ether oxygens (including phenoxy) is 2. The highest BCUT2D eigenvalue weighted by Crippen LogP contribution is 2.24. The second kappa shape index (κ2) is 7.03. The van der Waals surface area contributed by atoms with Gasteiger partial charge >= 0.3 is 5.97 Å². The number of carbonyl (C=O) groups is 1. The second-order valence-electron chi connectivity index (χ2n) is 4.97. The molecule has 0 aromatic heterocycles. The average Bonchev–Trinajstić information content (AvgIpc) is 2.49. The Balaban J connectivity index is 2.08. The van der Waals surface area contributed by atoms with E-state index in [0.29, 0.717) is 12.2 Å². The SMILES string of the molecule is O=C(O)[C@H]1O[C@@H](Oc2ccc(CCO)cc2)[C@H](O)[C@@H](O)[C@@H]1O. The fourth-order valence-electron chi connectivity index (χ4n) is 2.15. The van der Waals surface area contributed by atoms with Gasteiger partial charge in [0.15, 0.2) is 6.10 Å². The number of carboxylic acid groups (broad SMARTS) is 1. The van der Waals surface area contributed by atoms with E-state index in [4.69, 9.17) is 19.7 Å². The van der Waals surface area contributed by atoms with Crippen LogP contribution in [-0.2, 0) is 16.0 Å². The lowest BCUT2D eigenvalue weighted by atomic mass is 9.99. The minimum absolute atomic E-state index is 0.00895. The number of aliphatic hydroxyl groups is 4.